The maximum atomic E-state index is 12.4. The van der Waals surface area contributed by atoms with E-state index in [0.29, 0.717) is 5.92 Å². The Bertz CT molecular complexity index is 465. The Hall–Kier alpha value is -1.38. The third-order valence-electron chi connectivity index (χ3n) is 4.86. The lowest BCUT2D eigenvalue weighted by atomic mass is 9.98. The maximum absolute atomic E-state index is 12.4. The van der Waals surface area contributed by atoms with Crippen molar-refractivity contribution in [3.05, 3.63) is 0 Å². The van der Waals surface area contributed by atoms with Crippen LogP contribution >= 0.6 is 0 Å². The molecule has 0 bridgehead atoms. The number of urea groups is 1. The molecule has 2 aliphatic rings. The number of aliphatic hydroxyl groups is 2. The Morgan fingerprint density at radius 2 is 1.76 bits per heavy atom. The van der Waals surface area contributed by atoms with Crippen molar-refractivity contribution in [3.8, 4) is 0 Å². The van der Waals surface area contributed by atoms with Gasteiger partial charge in [0.25, 0.3) is 0 Å². The highest BCUT2D eigenvalue weighted by molar-refractivity contribution is 5.77. The van der Waals surface area contributed by atoms with Gasteiger partial charge in [-0.2, -0.15) is 0 Å². The first-order valence-electron chi connectivity index (χ1n) is 9.11. The van der Waals surface area contributed by atoms with Gasteiger partial charge in [0, 0.05) is 25.7 Å². The molecule has 144 valence electrons. The summed E-state index contributed by atoms with van der Waals surface area (Å²) >= 11 is 0. The average molecular weight is 357 g/mol. The summed E-state index contributed by atoms with van der Waals surface area (Å²) in [7, 11) is 0. The summed E-state index contributed by atoms with van der Waals surface area (Å²) in [4.78, 5) is 25.8. The van der Waals surface area contributed by atoms with Crippen LogP contribution in [0.25, 0.3) is 0 Å². The quantitative estimate of drug-likeness (QED) is 0.546. The van der Waals surface area contributed by atoms with Crippen molar-refractivity contribution < 1.29 is 24.5 Å². The lowest BCUT2D eigenvalue weighted by Crippen LogP contribution is -2.45. The van der Waals surface area contributed by atoms with E-state index in [4.69, 9.17) is 4.74 Å². The zero-order valence-corrected chi connectivity index (χ0v) is 15.3. The number of amides is 3. The van der Waals surface area contributed by atoms with Gasteiger partial charge in [-0.1, -0.05) is 6.92 Å². The van der Waals surface area contributed by atoms with Crippen molar-refractivity contribution in [1.29, 1.82) is 0 Å². The molecular formula is C17H31N3O5. The van der Waals surface area contributed by atoms with Gasteiger partial charge in [0.05, 0.1) is 12.5 Å². The number of rotatable bonds is 5. The third kappa shape index (κ3) is 5.55. The van der Waals surface area contributed by atoms with E-state index < -0.39 is 24.4 Å². The number of nitrogens with zero attached hydrogens (tertiary/aromatic N) is 1. The van der Waals surface area contributed by atoms with E-state index in [1.165, 1.54) is 0 Å². The molecule has 2 saturated heterocycles. The van der Waals surface area contributed by atoms with Crippen LogP contribution in [-0.4, -0.2) is 77.1 Å². The van der Waals surface area contributed by atoms with Crippen LogP contribution < -0.4 is 10.6 Å². The molecule has 0 spiro atoms. The summed E-state index contributed by atoms with van der Waals surface area (Å²) in [5.74, 6) is 0.570. The smallest absolute Gasteiger partial charge is 0.315 e. The molecule has 4 atom stereocenters. The minimum Gasteiger partial charge on any atom is -0.388 e. The first-order chi connectivity index (χ1) is 11.8. The molecule has 2 aliphatic heterocycles. The van der Waals surface area contributed by atoms with Crippen LogP contribution in [-0.2, 0) is 9.53 Å². The molecule has 4 N–H and O–H groups in total. The topological polar surface area (TPSA) is 111 Å². The Labute approximate surface area is 148 Å². The van der Waals surface area contributed by atoms with Gasteiger partial charge in [-0.25, -0.2) is 4.79 Å². The SMILES string of the molecule is CC1CCN(C(=O)CC2OC(CNC(=O)NC(C)C)C(O)C2O)CC1. The predicted octanol–water partition coefficient (Wildman–Crippen LogP) is -0.168. The van der Waals surface area contributed by atoms with Crippen molar-refractivity contribution in [3.63, 3.8) is 0 Å². The van der Waals surface area contributed by atoms with E-state index in [2.05, 4.69) is 17.6 Å². The molecule has 25 heavy (non-hydrogen) atoms. The zero-order valence-electron chi connectivity index (χ0n) is 15.3. The monoisotopic (exact) mass is 357 g/mol. The summed E-state index contributed by atoms with van der Waals surface area (Å²) in [5, 5.41) is 25.5. The number of carbonyl (C=O) groups is 2. The molecule has 0 aromatic rings. The average Bonchev–Trinajstić information content (AvgIpc) is 2.81. The Kier molecular flexibility index (Phi) is 7.04. The predicted molar refractivity (Wildman–Crippen MR) is 91.9 cm³/mol. The summed E-state index contributed by atoms with van der Waals surface area (Å²) in [6, 6.07) is -0.361. The number of aliphatic hydroxyl groups excluding tert-OH is 2. The fraction of sp³-hybridized carbons (Fsp3) is 0.882. The second-order valence-corrected chi connectivity index (χ2v) is 7.47. The molecule has 0 aromatic heterocycles. The summed E-state index contributed by atoms with van der Waals surface area (Å²) < 4.78 is 5.63. The normalized spacial score (nSPS) is 30.6. The number of ether oxygens (including phenoxy) is 1. The van der Waals surface area contributed by atoms with E-state index in [0.717, 1.165) is 25.9 Å². The third-order valence-corrected chi connectivity index (χ3v) is 4.86. The highest BCUT2D eigenvalue weighted by atomic mass is 16.5. The lowest BCUT2D eigenvalue weighted by molar-refractivity contribution is -0.136. The molecule has 0 aromatic carbocycles. The van der Waals surface area contributed by atoms with E-state index in [9.17, 15) is 19.8 Å². The Balaban J connectivity index is 1.80. The molecule has 0 saturated carbocycles. The molecule has 2 fully saturated rings. The van der Waals surface area contributed by atoms with Gasteiger partial charge in [-0.3, -0.25) is 4.79 Å². The number of nitrogens with one attached hydrogen (secondary N) is 2. The van der Waals surface area contributed by atoms with E-state index in [-0.39, 0.29) is 30.9 Å². The molecule has 0 aliphatic carbocycles. The second-order valence-electron chi connectivity index (χ2n) is 7.47. The van der Waals surface area contributed by atoms with Crippen molar-refractivity contribution in [1.82, 2.24) is 15.5 Å². The van der Waals surface area contributed by atoms with Gasteiger partial charge >= 0.3 is 6.03 Å². The molecule has 4 unspecified atom stereocenters. The summed E-state index contributed by atoms with van der Waals surface area (Å²) in [6.07, 6.45) is -1.72. The van der Waals surface area contributed by atoms with Crippen molar-refractivity contribution >= 4 is 11.9 Å². The molecule has 2 heterocycles. The number of carbonyl (C=O) groups excluding carboxylic acids is 2. The fourth-order valence-electron chi connectivity index (χ4n) is 3.23. The van der Waals surface area contributed by atoms with Gasteiger partial charge in [0.15, 0.2) is 0 Å². The van der Waals surface area contributed by atoms with E-state index in [1.807, 2.05) is 13.8 Å². The van der Waals surface area contributed by atoms with Crippen LogP contribution in [0.4, 0.5) is 4.79 Å². The number of hydrogen-bond acceptors (Lipinski definition) is 5. The van der Waals surface area contributed by atoms with Gasteiger partial charge in [-0.15, -0.1) is 0 Å². The molecule has 3 amide bonds. The Morgan fingerprint density at radius 3 is 2.36 bits per heavy atom. The molecule has 8 heteroatoms. The standard InChI is InChI=1S/C17H31N3O5/c1-10(2)19-17(24)18-9-13-16(23)15(22)12(25-13)8-14(21)20-6-4-11(3)5-7-20/h10-13,15-16,22-23H,4-9H2,1-3H3,(H2,18,19,24). The number of likely N-dealkylation sites (tertiary alicyclic amines) is 1. The highest BCUT2D eigenvalue weighted by Crippen LogP contribution is 2.25. The van der Waals surface area contributed by atoms with E-state index >= 15 is 0 Å². The maximum Gasteiger partial charge on any atom is 0.315 e. The van der Waals surface area contributed by atoms with Gasteiger partial charge in [-0.05, 0) is 32.6 Å². The van der Waals surface area contributed by atoms with Crippen molar-refractivity contribution in [2.75, 3.05) is 19.6 Å². The molecular weight excluding hydrogens is 326 g/mol. The fourth-order valence-corrected chi connectivity index (χ4v) is 3.23. The first-order valence-corrected chi connectivity index (χ1v) is 9.11. The highest BCUT2D eigenvalue weighted by Gasteiger charge is 2.43. The van der Waals surface area contributed by atoms with Crippen molar-refractivity contribution in [2.45, 2.75) is 70.5 Å². The van der Waals surface area contributed by atoms with Crippen LogP contribution in [0.2, 0.25) is 0 Å². The van der Waals surface area contributed by atoms with Gasteiger partial charge in [0.2, 0.25) is 5.91 Å². The van der Waals surface area contributed by atoms with Crippen LogP contribution in [0.1, 0.15) is 40.0 Å². The molecule has 0 radical (unpaired) electrons. The number of piperidine rings is 1. The minimum absolute atomic E-state index is 0.00218. The summed E-state index contributed by atoms with van der Waals surface area (Å²) in [5.41, 5.74) is 0. The first kappa shape index (κ1) is 19.9. The van der Waals surface area contributed by atoms with Crippen LogP contribution in [0.5, 0.6) is 0 Å². The Morgan fingerprint density at radius 1 is 1.16 bits per heavy atom. The molecule has 2 rings (SSSR count). The summed E-state index contributed by atoms with van der Waals surface area (Å²) in [6.45, 7) is 7.38. The van der Waals surface area contributed by atoms with Crippen LogP contribution in [0.15, 0.2) is 0 Å². The van der Waals surface area contributed by atoms with Gasteiger partial charge < -0.3 is 30.5 Å². The number of hydrogen-bond donors (Lipinski definition) is 4. The molecule has 8 nitrogen and oxygen atoms in total. The minimum atomic E-state index is -1.13. The van der Waals surface area contributed by atoms with E-state index in [1.54, 1.807) is 4.90 Å². The van der Waals surface area contributed by atoms with Crippen LogP contribution in [0, 0.1) is 5.92 Å². The van der Waals surface area contributed by atoms with Crippen LogP contribution in [0.3, 0.4) is 0 Å². The lowest BCUT2D eigenvalue weighted by Gasteiger charge is -2.31. The second kappa shape index (κ2) is 8.82. The van der Waals surface area contributed by atoms with Crippen molar-refractivity contribution in [2.24, 2.45) is 5.92 Å². The van der Waals surface area contributed by atoms with Gasteiger partial charge in [0.1, 0.15) is 18.3 Å². The zero-order chi connectivity index (χ0) is 18.6. The largest absolute Gasteiger partial charge is 0.388 e.